The minimum absolute atomic E-state index is 0.921. The molecule has 0 atom stereocenters. The van der Waals surface area contributed by atoms with Crippen LogP contribution < -0.4 is 14.6 Å². The maximum absolute atomic E-state index is 4.55. The molecule has 0 bridgehead atoms. The zero-order chi connectivity index (χ0) is 26.4. The number of allylic oxidation sites excluding steroid dienone is 2. The molecule has 3 aromatic rings. The van der Waals surface area contributed by atoms with Crippen molar-refractivity contribution < 1.29 is 4.57 Å². The van der Waals surface area contributed by atoms with Gasteiger partial charge in [-0.1, -0.05) is 64.1 Å². The average molecular weight is 544 g/mol. The minimum Gasteiger partial charge on any atom is -0.373 e. The van der Waals surface area contributed by atoms with Crippen molar-refractivity contribution in [3.05, 3.63) is 115 Å². The van der Waals surface area contributed by atoms with Gasteiger partial charge in [-0.3, -0.25) is 10.0 Å². The molecule has 0 unspecified atom stereocenters. The first kappa shape index (κ1) is 27.5. The van der Waals surface area contributed by atoms with Crippen molar-refractivity contribution >= 4 is 45.4 Å². The van der Waals surface area contributed by atoms with Crippen molar-refractivity contribution in [1.82, 2.24) is 4.90 Å². The van der Waals surface area contributed by atoms with Gasteiger partial charge in [-0.25, -0.2) is 4.57 Å². The van der Waals surface area contributed by atoms with E-state index in [0.717, 1.165) is 53.7 Å². The van der Waals surface area contributed by atoms with E-state index in [0.29, 0.717) is 0 Å². The summed E-state index contributed by atoms with van der Waals surface area (Å²) < 4.78 is 2.22. The molecule has 0 saturated carbocycles. The van der Waals surface area contributed by atoms with E-state index >= 15 is 0 Å². The second kappa shape index (κ2) is 15.1. The summed E-state index contributed by atoms with van der Waals surface area (Å²) in [6.07, 6.45) is 14.6. The number of aromatic nitrogens is 1. The van der Waals surface area contributed by atoms with E-state index in [1.165, 1.54) is 0 Å². The topological polar surface area (TPSA) is 38.3 Å². The van der Waals surface area contributed by atoms with Crippen molar-refractivity contribution in [2.75, 3.05) is 48.7 Å². The number of anilines is 2. The zero-order valence-corrected chi connectivity index (χ0v) is 23.6. The normalized spacial score (nSPS) is 13.3. The van der Waals surface area contributed by atoms with Crippen molar-refractivity contribution in [2.24, 2.45) is 10.2 Å². The lowest BCUT2D eigenvalue weighted by Gasteiger charge is -2.21. The highest BCUT2D eigenvalue weighted by Crippen LogP contribution is 2.21. The number of aryl methyl sites for hydroxylation is 1. The molecule has 2 aromatic carbocycles. The molecule has 0 N–H and O–H groups in total. The molecule has 0 saturated heterocycles. The molecule has 4 rings (SSSR count). The molecule has 6 nitrogen and oxygen atoms in total. The van der Waals surface area contributed by atoms with Crippen LogP contribution in [0, 0.1) is 0 Å². The van der Waals surface area contributed by atoms with E-state index < -0.39 is 0 Å². The molecule has 1 aliphatic heterocycles. The largest absolute Gasteiger partial charge is 0.373 e. The second-order valence-corrected chi connectivity index (χ2v) is 11.4. The lowest BCUT2D eigenvalue weighted by atomic mass is 10.2. The van der Waals surface area contributed by atoms with Gasteiger partial charge in [-0.15, -0.1) is 0 Å². The fraction of sp³-hybridized carbons (Fsp3) is 0.233. The van der Waals surface area contributed by atoms with E-state index in [2.05, 4.69) is 74.7 Å². The number of hydrogen-bond acceptors (Lipinski definition) is 7. The zero-order valence-electron chi connectivity index (χ0n) is 22.0. The van der Waals surface area contributed by atoms with Crippen LogP contribution in [-0.2, 0) is 6.54 Å². The summed E-state index contributed by atoms with van der Waals surface area (Å²) in [6.45, 7) is 2.95. The lowest BCUT2D eigenvalue weighted by molar-refractivity contribution is -0.692. The van der Waals surface area contributed by atoms with Gasteiger partial charge in [0.2, 0.25) is 0 Å². The Bertz CT molecular complexity index is 1230. The van der Waals surface area contributed by atoms with Gasteiger partial charge in [0.15, 0.2) is 18.9 Å². The summed E-state index contributed by atoms with van der Waals surface area (Å²) in [4.78, 5) is 2.34. The van der Waals surface area contributed by atoms with Crippen LogP contribution in [0.2, 0.25) is 0 Å². The molecule has 0 aliphatic carbocycles. The number of para-hydroxylation sites is 2. The summed E-state index contributed by atoms with van der Waals surface area (Å²) in [5.74, 6) is 2.17. The van der Waals surface area contributed by atoms with Crippen molar-refractivity contribution in [2.45, 2.75) is 6.54 Å². The van der Waals surface area contributed by atoms with Gasteiger partial charge >= 0.3 is 0 Å². The monoisotopic (exact) mass is 543 g/mol. The molecule has 38 heavy (non-hydrogen) atoms. The Hall–Kier alpha value is -3.49. The molecular weight excluding hydrogens is 509 g/mol. The molecule has 0 fully saturated rings. The maximum atomic E-state index is 4.55. The highest BCUT2D eigenvalue weighted by Gasteiger charge is 2.06. The molecule has 2 heterocycles. The standard InChI is InChI=1S/C30H35N6S2/c1-33(29-9-5-3-6-10-29)31-25-27-13-17-35(18-14-27)21-23-37-38-24-22-36-19-15-28(16-20-36)26-32-34(2)30-11-7-4-8-12-30/h3-19,25-26H,20-24H2,1-2H3/q+1/b32-26+. The number of nitrogens with zero attached hydrogens (tertiary/aromatic N) is 6. The first-order chi connectivity index (χ1) is 18.7. The third-order valence-electron chi connectivity index (χ3n) is 5.95. The lowest BCUT2D eigenvalue weighted by Crippen LogP contribution is -2.33. The van der Waals surface area contributed by atoms with Crippen LogP contribution in [0.1, 0.15) is 5.56 Å². The van der Waals surface area contributed by atoms with Crippen LogP contribution in [0.4, 0.5) is 11.4 Å². The Labute approximate surface area is 234 Å². The van der Waals surface area contributed by atoms with Crippen LogP contribution in [0.15, 0.2) is 119 Å². The van der Waals surface area contributed by atoms with Gasteiger partial charge in [-0.2, -0.15) is 10.2 Å². The maximum Gasteiger partial charge on any atom is 0.169 e. The predicted molar refractivity (Wildman–Crippen MR) is 166 cm³/mol. The number of rotatable bonds is 13. The smallest absolute Gasteiger partial charge is 0.169 e. The summed E-state index contributed by atoms with van der Waals surface area (Å²) in [6, 6.07) is 24.5. The Morgan fingerprint density at radius 1 is 0.816 bits per heavy atom. The quantitative estimate of drug-likeness (QED) is 0.0909. The molecule has 196 valence electrons. The van der Waals surface area contributed by atoms with E-state index in [4.69, 9.17) is 0 Å². The number of benzene rings is 2. The molecule has 0 spiro atoms. The Balaban J connectivity index is 1.08. The van der Waals surface area contributed by atoms with Crippen LogP contribution in [0.5, 0.6) is 0 Å². The Kier molecular flexibility index (Phi) is 10.9. The molecule has 1 aliphatic rings. The van der Waals surface area contributed by atoms with Crippen LogP contribution in [0.25, 0.3) is 0 Å². The first-order valence-corrected chi connectivity index (χ1v) is 15.2. The van der Waals surface area contributed by atoms with Gasteiger partial charge in [-0.05, 0) is 35.9 Å². The number of hydrazone groups is 2. The highest BCUT2D eigenvalue weighted by atomic mass is 33.1. The van der Waals surface area contributed by atoms with Crippen LogP contribution in [-0.4, -0.2) is 56.0 Å². The summed E-state index contributed by atoms with van der Waals surface area (Å²) in [5, 5.41) is 12.8. The fourth-order valence-electron chi connectivity index (χ4n) is 3.65. The Morgan fingerprint density at radius 2 is 1.42 bits per heavy atom. The molecule has 0 radical (unpaired) electrons. The minimum atomic E-state index is 0.921. The first-order valence-electron chi connectivity index (χ1n) is 12.7. The van der Waals surface area contributed by atoms with Crippen LogP contribution >= 0.6 is 21.6 Å². The van der Waals surface area contributed by atoms with E-state index in [9.17, 15) is 0 Å². The third kappa shape index (κ3) is 9.11. The fourth-order valence-corrected chi connectivity index (χ4v) is 5.64. The van der Waals surface area contributed by atoms with Gasteiger partial charge in [0.05, 0.1) is 29.6 Å². The number of hydrogen-bond donors (Lipinski definition) is 0. The van der Waals surface area contributed by atoms with Crippen LogP contribution in [0.3, 0.4) is 0 Å². The van der Waals surface area contributed by atoms with Gasteiger partial charge in [0, 0.05) is 56.8 Å². The number of pyridine rings is 1. The van der Waals surface area contributed by atoms with E-state index in [1.54, 1.807) is 0 Å². The van der Waals surface area contributed by atoms with Crippen molar-refractivity contribution in [3.63, 3.8) is 0 Å². The third-order valence-corrected chi connectivity index (χ3v) is 8.32. The summed E-state index contributed by atoms with van der Waals surface area (Å²) >= 11 is 0. The average Bonchev–Trinajstić information content (AvgIpc) is 2.98. The highest BCUT2D eigenvalue weighted by molar-refractivity contribution is 8.76. The SMILES string of the molecule is CN(/N=C/C1=CCN(CCSSCC[n+]2ccc(/C=N/N(C)c3ccccc3)cc2)C=C1)c1ccccc1. The van der Waals surface area contributed by atoms with Gasteiger partial charge < -0.3 is 4.90 Å². The summed E-state index contributed by atoms with van der Waals surface area (Å²) in [7, 11) is 7.80. The molecule has 1 aromatic heterocycles. The predicted octanol–water partition coefficient (Wildman–Crippen LogP) is 5.70. The van der Waals surface area contributed by atoms with Gasteiger partial charge in [0.1, 0.15) is 0 Å². The molecule has 8 heteroatoms. The van der Waals surface area contributed by atoms with E-state index in [1.807, 2.05) is 107 Å². The van der Waals surface area contributed by atoms with Crippen molar-refractivity contribution in [3.8, 4) is 0 Å². The van der Waals surface area contributed by atoms with Gasteiger partial charge in [0.25, 0.3) is 0 Å². The second-order valence-electron chi connectivity index (χ2n) is 8.74. The van der Waals surface area contributed by atoms with Crippen molar-refractivity contribution in [1.29, 1.82) is 0 Å². The molecule has 0 amide bonds. The Morgan fingerprint density at radius 3 is 2.03 bits per heavy atom. The summed E-state index contributed by atoms with van der Waals surface area (Å²) in [5.41, 5.74) is 4.38. The van der Waals surface area contributed by atoms with E-state index in [-0.39, 0.29) is 0 Å². The molecular formula is C30H35N6S2+.